The molecule has 0 saturated carbocycles. The zero-order chi connectivity index (χ0) is 13.0. The Morgan fingerprint density at radius 2 is 2.00 bits per heavy atom. The molecule has 2 atom stereocenters. The van der Waals surface area contributed by atoms with Gasteiger partial charge in [0.05, 0.1) is 14.2 Å². The Balaban J connectivity index is 2.16. The van der Waals surface area contributed by atoms with Crippen LogP contribution >= 0.6 is 0 Å². The van der Waals surface area contributed by atoms with Crippen LogP contribution in [-0.2, 0) is 0 Å². The summed E-state index contributed by atoms with van der Waals surface area (Å²) in [6.45, 7) is 1.06. The molecule has 18 heavy (non-hydrogen) atoms. The Bertz CT molecular complexity index is 389. The van der Waals surface area contributed by atoms with Gasteiger partial charge in [-0.3, -0.25) is 0 Å². The molecule has 1 saturated heterocycles. The second kappa shape index (κ2) is 6.07. The van der Waals surface area contributed by atoms with Crippen molar-refractivity contribution in [2.75, 3.05) is 20.8 Å². The van der Waals surface area contributed by atoms with Gasteiger partial charge in [-0.25, -0.2) is 0 Å². The number of hydrogen-bond acceptors (Lipinski definition) is 4. The zero-order valence-corrected chi connectivity index (χ0v) is 11.1. The molecule has 2 unspecified atom stereocenters. The van der Waals surface area contributed by atoms with Crippen LogP contribution in [0, 0.1) is 0 Å². The van der Waals surface area contributed by atoms with Crippen molar-refractivity contribution >= 4 is 0 Å². The lowest BCUT2D eigenvalue weighted by molar-refractivity contribution is 0.344. The van der Waals surface area contributed by atoms with Crippen LogP contribution in [0.15, 0.2) is 18.2 Å². The Morgan fingerprint density at radius 1 is 1.22 bits per heavy atom. The lowest BCUT2D eigenvalue weighted by atomic mass is 9.93. The second-order valence-corrected chi connectivity index (χ2v) is 4.70. The number of ether oxygens (including phenoxy) is 2. The molecule has 2 rings (SSSR count). The van der Waals surface area contributed by atoms with Gasteiger partial charge in [-0.2, -0.15) is 0 Å². The number of piperidine rings is 1. The molecule has 4 heteroatoms. The summed E-state index contributed by atoms with van der Waals surface area (Å²) in [4.78, 5) is 0. The summed E-state index contributed by atoms with van der Waals surface area (Å²) in [7, 11) is 3.28. The van der Waals surface area contributed by atoms with Crippen molar-refractivity contribution in [1.29, 1.82) is 0 Å². The molecule has 1 aromatic carbocycles. The second-order valence-electron chi connectivity index (χ2n) is 4.70. The molecule has 0 radical (unpaired) electrons. The van der Waals surface area contributed by atoms with Crippen LogP contribution in [0.4, 0.5) is 0 Å². The van der Waals surface area contributed by atoms with E-state index < -0.39 is 0 Å². The molecule has 4 nitrogen and oxygen atoms in total. The van der Waals surface area contributed by atoms with Crippen LogP contribution in [0.3, 0.4) is 0 Å². The molecule has 0 aliphatic carbocycles. The van der Waals surface area contributed by atoms with E-state index in [9.17, 15) is 0 Å². The van der Waals surface area contributed by atoms with Gasteiger partial charge in [0.15, 0.2) is 11.5 Å². The number of hydrogen-bond donors (Lipinski definition) is 2. The quantitative estimate of drug-likeness (QED) is 0.856. The summed E-state index contributed by atoms with van der Waals surface area (Å²) in [5.41, 5.74) is 7.42. The lowest BCUT2D eigenvalue weighted by Gasteiger charge is -2.29. The van der Waals surface area contributed by atoms with E-state index in [1.807, 2.05) is 18.2 Å². The van der Waals surface area contributed by atoms with Crippen LogP contribution < -0.4 is 20.5 Å². The SMILES string of the molecule is COc1ccc(C(N)C2CCCCN2)cc1OC. The van der Waals surface area contributed by atoms with Gasteiger partial charge in [0.1, 0.15) is 0 Å². The molecule has 1 aliphatic rings. The Labute approximate surface area is 108 Å². The van der Waals surface area contributed by atoms with E-state index in [0.717, 1.165) is 30.0 Å². The first-order valence-electron chi connectivity index (χ1n) is 6.47. The molecule has 1 fully saturated rings. The zero-order valence-electron chi connectivity index (χ0n) is 11.1. The molecule has 1 heterocycles. The average molecular weight is 250 g/mol. The molecular formula is C14H22N2O2. The van der Waals surface area contributed by atoms with E-state index in [0.29, 0.717) is 6.04 Å². The monoisotopic (exact) mass is 250 g/mol. The van der Waals surface area contributed by atoms with Crippen LogP contribution in [-0.4, -0.2) is 26.8 Å². The first-order chi connectivity index (χ1) is 8.76. The third kappa shape index (κ3) is 2.76. The van der Waals surface area contributed by atoms with Crippen molar-refractivity contribution in [3.8, 4) is 11.5 Å². The molecule has 0 amide bonds. The maximum Gasteiger partial charge on any atom is 0.161 e. The summed E-state index contributed by atoms with van der Waals surface area (Å²) >= 11 is 0. The van der Waals surface area contributed by atoms with Gasteiger partial charge in [0.25, 0.3) is 0 Å². The number of nitrogens with one attached hydrogen (secondary N) is 1. The van der Waals surface area contributed by atoms with Crippen LogP contribution in [0.1, 0.15) is 30.9 Å². The highest BCUT2D eigenvalue weighted by molar-refractivity contribution is 5.44. The maximum atomic E-state index is 6.33. The molecule has 0 aromatic heterocycles. The topological polar surface area (TPSA) is 56.5 Å². The third-order valence-electron chi connectivity index (χ3n) is 3.57. The van der Waals surface area contributed by atoms with Crippen LogP contribution in [0.2, 0.25) is 0 Å². The predicted molar refractivity (Wildman–Crippen MR) is 72.1 cm³/mol. The van der Waals surface area contributed by atoms with E-state index in [2.05, 4.69) is 5.32 Å². The summed E-state index contributed by atoms with van der Waals surface area (Å²) in [6.07, 6.45) is 3.63. The summed E-state index contributed by atoms with van der Waals surface area (Å²) in [5.74, 6) is 1.48. The highest BCUT2D eigenvalue weighted by Gasteiger charge is 2.22. The number of nitrogens with two attached hydrogens (primary N) is 1. The van der Waals surface area contributed by atoms with Crippen LogP contribution in [0.25, 0.3) is 0 Å². The average Bonchev–Trinajstić information content (AvgIpc) is 2.46. The highest BCUT2D eigenvalue weighted by atomic mass is 16.5. The highest BCUT2D eigenvalue weighted by Crippen LogP contribution is 2.31. The summed E-state index contributed by atoms with van der Waals surface area (Å²) in [6, 6.07) is 6.26. The minimum Gasteiger partial charge on any atom is -0.493 e. The molecular weight excluding hydrogens is 228 g/mol. The first kappa shape index (κ1) is 13.2. The normalized spacial score (nSPS) is 21.4. The van der Waals surface area contributed by atoms with Gasteiger partial charge in [-0.15, -0.1) is 0 Å². The van der Waals surface area contributed by atoms with Gasteiger partial charge < -0.3 is 20.5 Å². The van der Waals surface area contributed by atoms with Gasteiger partial charge in [0.2, 0.25) is 0 Å². The molecule has 1 aliphatic heterocycles. The predicted octanol–water partition coefficient (Wildman–Crippen LogP) is 1.85. The van der Waals surface area contributed by atoms with Crippen LogP contribution in [0.5, 0.6) is 11.5 Å². The molecule has 100 valence electrons. The third-order valence-corrected chi connectivity index (χ3v) is 3.57. The van der Waals surface area contributed by atoms with E-state index >= 15 is 0 Å². The Hall–Kier alpha value is -1.26. The van der Waals surface area contributed by atoms with Gasteiger partial charge in [-0.05, 0) is 37.1 Å². The van der Waals surface area contributed by atoms with Crippen molar-refractivity contribution < 1.29 is 9.47 Å². The fraction of sp³-hybridized carbons (Fsp3) is 0.571. The molecule has 3 N–H and O–H groups in total. The Morgan fingerprint density at radius 3 is 2.61 bits per heavy atom. The van der Waals surface area contributed by atoms with Crippen molar-refractivity contribution in [1.82, 2.24) is 5.32 Å². The molecule has 0 spiro atoms. The fourth-order valence-electron chi connectivity index (χ4n) is 2.48. The lowest BCUT2D eigenvalue weighted by Crippen LogP contribution is -2.42. The largest absolute Gasteiger partial charge is 0.493 e. The standard InChI is InChI=1S/C14H22N2O2/c1-17-12-7-6-10(9-13(12)18-2)14(15)11-5-3-4-8-16-11/h6-7,9,11,14,16H,3-5,8,15H2,1-2H3. The van der Waals surface area contributed by atoms with Crippen molar-refractivity contribution in [2.45, 2.75) is 31.3 Å². The van der Waals surface area contributed by atoms with E-state index in [-0.39, 0.29) is 6.04 Å². The van der Waals surface area contributed by atoms with E-state index in [1.165, 1.54) is 12.8 Å². The first-order valence-corrected chi connectivity index (χ1v) is 6.47. The van der Waals surface area contributed by atoms with Gasteiger partial charge in [0, 0.05) is 12.1 Å². The van der Waals surface area contributed by atoms with Crippen molar-refractivity contribution in [3.05, 3.63) is 23.8 Å². The summed E-state index contributed by atoms with van der Waals surface area (Å²) < 4.78 is 10.5. The van der Waals surface area contributed by atoms with E-state index in [4.69, 9.17) is 15.2 Å². The summed E-state index contributed by atoms with van der Waals surface area (Å²) in [5, 5.41) is 3.49. The number of rotatable bonds is 4. The fourth-order valence-corrected chi connectivity index (χ4v) is 2.48. The minimum absolute atomic E-state index is 0.00473. The molecule has 1 aromatic rings. The van der Waals surface area contributed by atoms with Gasteiger partial charge >= 0.3 is 0 Å². The maximum absolute atomic E-state index is 6.33. The minimum atomic E-state index is 0.00473. The molecule has 0 bridgehead atoms. The van der Waals surface area contributed by atoms with E-state index in [1.54, 1.807) is 14.2 Å². The Kier molecular flexibility index (Phi) is 4.44. The number of methoxy groups -OCH3 is 2. The smallest absolute Gasteiger partial charge is 0.161 e. The number of benzene rings is 1. The van der Waals surface area contributed by atoms with Crippen molar-refractivity contribution in [2.24, 2.45) is 5.73 Å². The van der Waals surface area contributed by atoms with Crippen molar-refractivity contribution in [3.63, 3.8) is 0 Å². The van der Waals surface area contributed by atoms with Gasteiger partial charge in [-0.1, -0.05) is 12.5 Å².